The molecule has 1 amide bonds. The van der Waals surface area contributed by atoms with Crippen LogP contribution >= 0.6 is 11.3 Å². The van der Waals surface area contributed by atoms with Crippen LogP contribution in [0.5, 0.6) is 0 Å². The van der Waals surface area contributed by atoms with Gasteiger partial charge in [0.05, 0.1) is 11.3 Å². The van der Waals surface area contributed by atoms with Gasteiger partial charge in [0.2, 0.25) is 5.91 Å². The minimum absolute atomic E-state index is 0.00772. The second-order valence-corrected chi connectivity index (χ2v) is 7.26. The lowest BCUT2D eigenvalue weighted by Gasteiger charge is -2.09. The number of rotatable bonds is 4. The van der Waals surface area contributed by atoms with E-state index < -0.39 is 0 Å². The molecule has 4 aromatic rings. The first kappa shape index (κ1) is 17.2. The van der Waals surface area contributed by atoms with E-state index in [9.17, 15) is 9.59 Å². The van der Waals surface area contributed by atoms with E-state index in [1.54, 1.807) is 6.07 Å². The molecule has 0 saturated carbocycles. The van der Waals surface area contributed by atoms with E-state index in [0.717, 1.165) is 21.7 Å². The summed E-state index contributed by atoms with van der Waals surface area (Å²) < 4.78 is 1.44. The Morgan fingerprint density at radius 2 is 2.11 bits per heavy atom. The van der Waals surface area contributed by atoms with Gasteiger partial charge in [0.1, 0.15) is 11.2 Å². The van der Waals surface area contributed by atoms with Gasteiger partial charge in [0.25, 0.3) is 5.56 Å². The van der Waals surface area contributed by atoms with E-state index in [1.165, 1.54) is 15.9 Å². The number of amides is 1. The van der Waals surface area contributed by atoms with E-state index in [2.05, 4.69) is 20.6 Å². The third kappa shape index (κ3) is 3.39. The smallest absolute Gasteiger partial charge is 0.290 e. The second kappa shape index (κ2) is 6.81. The normalized spacial score (nSPS) is 11.0. The van der Waals surface area contributed by atoms with Gasteiger partial charge in [-0.15, -0.1) is 11.3 Å². The highest BCUT2D eigenvalue weighted by Crippen LogP contribution is 2.24. The zero-order chi connectivity index (χ0) is 19.0. The lowest BCUT2D eigenvalue weighted by molar-refractivity contribution is -0.115. The van der Waals surface area contributed by atoms with Gasteiger partial charge in [-0.2, -0.15) is 10.2 Å². The summed E-state index contributed by atoms with van der Waals surface area (Å²) in [5.74, 6) is 0.146. The first-order valence-electron chi connectivity index (χ1n) is 8.39. The minimum Gasteiger partial charge on any atom is -0.325 e. The summed E-state index contributed by atoms with van der Waals surface area (Å²) in [6, 6.07) is 11.4. The topological polar surface area (TPSA) is 92.1 Å². The molecule has 7 nitrogen and oxygen atoms in total. The Kier molecular flexibility index (Phi) is 4.33. The van der Waals surface area contributed by atoms with Gasteiger partial charge in [-0.1, -0.05) is 18.2 Å². The third-order valence-corrected chi connectivity index (χ3v) is 5.12. The van der Waals surface area contributed by atoms with Gasteiger partial charge in [0, 0.05) is 5.69 Å². The highest BCUT2D eigenvalue weighted by Gasteiger charge is 2.15. The highest BCUT2D eigenvalue weighted by atomic mass is 32.1. The summed E-state index contributed by atoms with van der Waals surface area (Å²) in [4.78, 5) is 25.6. The van der Waals surface area contributed by atoms with Gasteiger partial charge >= 0.3 is 0 Å². The molecule has 27 heavy (non-hydrogen) atoms. The minimum atomic E-state index is -0.344. The summed E-state index contributed by atoms with van der Waals surface area (Å²) in [7, 11) is 0. The van der Waals surface area contributed by atoms with E-state index in [0.29, 0.717) is 17.0 Å². The van der Waals surface area contributed by atoms with Crippen molar-refractivity contribution in [2.75, 3.05) is 5.32 Å². The average molecular weight is 379 g/mol. The molecule has 0 radical (unpaired) electrons. The van der Waals surface area contributed by atoms with Gasteiger partial charge in [-0.05, 0) is 48.6 Å². The summed E-state index contributed by atoms with van der Waals surface area (Å²) in [5, 5.41) is 15.8. The van der Waals surface area contributed by atoms with Crippen LogP contribution < -0.4 is 10.9 Å². The number of aromatic amines is 1. The molecular weight excluding hydrogens is 362 g/mol. The van der Waals surface area contributed by atoms with Crippen LogP contribution in [0.2, 0.25) is 0 Å². The van der Waals surface area contributed by atoms with Gasteiger partial charge in [-0.25, -0.2) is 9.61 Å². The summed E-state index contributed by atoms with van der Waals surface area (Å²) in [6.07, 6.45) is -0.00772. The van der Waals surface area contributed by atoms with Gasteiger partial charge < -0.3 is 5.32 Å². The fourth-order valence-corrected chi connectivity index (χ4v) is 3.51. The Hall–Kier alpha value is -3.26. The molecule has 0 spiro atoms. The first-order chi connectivity index (χ1) is 13.0. The number of fused-ring (bicyclic) bond motifs is 1. The van der Waals surface area contributed by atoms with Crippen molar-refractivity contribution in [3.8, 4) is 10.6 Å². The maximum absolute atomic E-state index is 12.5. The maximum atomic E-state index is 12.5. The van der Waals surface area contributed by atoms with Crippen LogP contribution in [0, 0.1) is 13.8 Å². The molecule has 0 aliphatic carbocycles. The standard InChI is InChI=1S/C19H17N5O2S/c1-11-5-6-12(2)13(8-11)20-18(25)10-17-21-22-19(26)15-9-14(23-24(15)17)16-4-3-7-27-16/h3-9H,10H2,1-2H3,(H,20,25)(H,22,26). The van der Waals surface area contributed by atoms with E-state index >= 15 is 0 Å². The fourth-order valence-electron chi connectivity index (χ4n) is 2.83. The maximum Gasteiger partial charge on any atom is 0.290 e. The number of anilines is 1. The third-order valence-electron chi connectivity index (χ3n) is 4.23. The van der Waals surface area contributed by atoms with Crippen molar-refractivity contribution in [1.82, 2.24) is 19.8 Å². The number of thiophene rings is 1. The molecule has 3 heterocycles. The van der Waals surface area contributed by atoms with Crippen molar-refractivity contribution in [3.63, 3.8) is 0 Å². The Balaban J connectivity index is 1.65. The number of carbonyl (C=O) groups excluding carboxylic acids is 1. The van der Waals surface area contributed by atoms with Crippen LogP contribution in [-0.2, 0) is 11.2 Å². The highest BCUT2D eigenvalue weighted by molar-refractivity contribution is 7.13. The summed E-state index contributed by atoms with van der Waals surface area (Å²) in [5.41, 5.74) is 3.51. The van der Waals surface area contributed by atoms with Crippen LogP contribution in [0.1, 0.15) is 17.0 Å². The number of nitrogens with one attached hydrogen (secondary N) is 2. The fraction of sp³-hybridized carbons (Fsp3) is 0.158. The van der Waals surface area contributed by atoms with Crippen molar-refractivity contribution in [2.24, 2.45) is 0 Å². The van der Waals surface area contributed by atoms with Crippen molar-refractivity contribution < 1.29 is 4.79 Å². The molecular formula is C19H17N5O2S. The SMILES string of the molecule is Cc1ccc(C)c(NC(=O)Cc2n[nH]c(=O)c3cc(-c4cccs4)nn23)c1. The first-order valence-corrected chi connectivity index (χ1v) is 9.27. The molecule has 1 aromatic carbocycles. The average Bonchev–Trinajstić information content (AvgIpc) is 3.30. The Morgan fingerprint density at radius 1 is 1.26 bits per heavy atom. The van der Waals surface area contributed by atoms with Crippen molar-refractivity contribution in [1.29, 1.82) is 0 Å². The molecule has 0 unspecified atom stereocenters. The number of carbonyl (C=O) groups is 1. The molecule has 0 aliphatic heterocycles. The number of hydrogen-bond acceptors (Lipinski definition) is 5. The predicted molar refractivity (Wildman–Crippen MR) is 105 cm³/mol. The van der Waals surface area contributed by atoms with Gasteiger partial charge in [-0.3, -0.25) is 9.59 Å². The molecule has 0 atom stereocenters. The quantitative estimate of drug-likeness (QED) is 0.570. The van der Waals surface area contributed by atoms with Crippen LogP contribution in [-0.4, -0.2) is 25.7 Å². The Bertz CT molecular complexity index is 1190. The monoisotopic (exact) mass is 379 g/mol. The molecule has 3 aromatic heterocycles. The number of aryl methyl sites for hydroxylation is 2. The van der Waals surface area contributed by atoms with E-state index in [-0.39, 0.29) is 17.9 Å². The number of aromatic nitrogens is 4. The zero-order valence-corrected chi connectivity index (χ0v) is 15.6. The van der Waals surface area contributed by atoms with Crippen LogP contribution in [0.25, 0.3) is 16.1 Å². The largest absolute Gasteiger partial charge is 0.325 e. The molecule has 0 bridgehead atoms. The molecule has 2 N–H and O–H groups in total. The molecule has 8 heteroatoms. The van der Waals surface area contributed by atoms with Gasteiger partial charge in [0.15, 0.2) is 5.82 Å². The predicted octanol–water partition coefficient (Wildman–Crippen LogP) is 2.94. The Labute approximate surface area is 158 Å². The molecule has 4 rings (SSSR count). The van der Waals surface area contributed by atoms with Crippen LogP contribution in [0.4, 0.5) is 5.69 Å². The molecule has 136 valence electrons. The summed E-state index contributed by atoms with van der Waals surface area (Å²) in [6.45, 7) is 3.91. The number of benzene rings is 1. The zero-order valence-electron chi connectivity index (χ0n) is 14.8. The van der Waals surface area contributed by atoms with Crippen LogP contribution in [0.3, 0.4) is 0 Å². The molecule has 0 aliphatic rings. The second-order valence-electron chi connectivity index (χ2n) is 6.32. The van der Waals surface area contributed by atoms with E-state index in [1.807, 2.05) is 49.6 Å². The van der Waals surface area contributed by atoms with Crippen molar-refractivity contribution in [3.05, 3.63) is 69.1 Å². The van der Waals surface area contributed by atoms with Crippen molar-refractivity contribution >= 4 is 28.4 Å². The molecule has 0 fully saturated rings. The van der Waals surface area contributed by atoms with Crippen LogP contribution in [0.15, 0.2) is 46.6 Å². The van der Waals surface area contributed by atoms with E-state index in [4.69, 9.17) is 0 Å². The summed E-state index contributed by atoms with van der Waals surface area (Å²) >= 11 is 1.53. The van der Waals surface area contributed by atoms with Crippen molar-refractivity contribution in [2.45, 2.75) is 20.3 Å². The molecule has 0 saturated heterocycles. The number of H-pyrrole nitrogens is 1. The lowest BCUT2D eigenvalue weighted by Crippen LogP contribution is -2.22. The number of nitrogens with zero attached hydrogens (tertiary/aromatic N) is 3. The lowest BCUT2D eigenvalue weighted by atomic mass is 10.1. The number of hydrogen-bond donors (Lipinski definition) is 2. The Morgan fingerprint density at radius 3 is 2.89 bits per heavy atom.